The maximum atomic E-state index is 12.8. The van der Waals surface area contributed by atoms with E-state index in [0.717, 1.165) is 6.21 Å². The van der Waals surface area contributed by atoms with Crippen molar-refractivity contribution in [2.45, 2.75) is 0 Å². The minimum absolute atomic E-state index is 0.0134. The standard InChI is InChI=1S/C18H12ClN3O4S/c19-14-7-6-10(8-12(14)17(25)26)20-9-13-15(23)21-18(27)22(16(13)24)11-4-2-1-3-5-11/h1-9,13H,(H,25,26)(H,21,23,27)/t13-/m0/s1. The molecule has 1 aliphatic heterocycles. The Morgan fingerprint density at radius 1 is 1.22 bits per heavy atom. The second-order valence-corrected chi connectivity index (χ2v) is 6.32. The fourth-order valence-electron chi connectivity index (χ4n) is 2.46. The van der Waals surface area contributed by atoms with Gasteiger partial charge >= 0.3 is 5.97 Å². The van der Waals surface area contributed by atoms with E-state index in [1.165, 1.54) is 23.1 Å². The average Bonchev–Trinajstić information content (AvgIpc) is 2.63. The minimum Gasteiger partial charge on any atom is -0.478 e. The summed E-state index contributed by atoms with van der Waals surface area (Å²) in [6.07, 6.45) is 1.16. The van der Waals surface area contributed by atoms with Crippen LogP contribution in [0.3, 0.4) is 0 Å². The van der Waals surface area contributed by atoms with E-state index in [1.54, 1.807) is 30.3 Å². The maximum absolute atomic E-state index is 12.8. The van der Waals surface area contributed by atoms with Gasteiger partial charge in [-0.1, -0.05) is 29.8 Å². The highest BCUT2D eigenvalue weighted by Crippen LogP contribution is 2.24. The first-order valence-corrected chi connectivity index (χ1v) is 8.48. The molecule has 0 bridgehead atoms. The van der Waals surface area contributed by atoms with E-state index < -0.39 is 23.7 Å². The van der Waals surface area contributed by atoms with Crippen molar-refractivity contribution in [1.29, 1.82) is 0 Å². The van der Waals surface area contributed by atoms with Gasteiger partial charge in [0.1, 0.15) is 0 Å². The summed E-state index contributed by atoms with van der Waals surface area (Å²) in [6, 6.07) is 12.8. The Bertz CT molecular complexity index is 978. The number of benzene rings is 2. The van der Waals surface area contributed by atoms with Crippen LogP contribution in [0.15, 0.2) is 53.5 Å². The molecule has 0 spiro atoms. The van der Waals surface area contributed by atoms with Crippen LogP contribution in [0.4, 0.5) is 11.4 Å². The van der Waals surface area contributed by atoms with E-state index >= 15 is 0 Å². The van der Waals surface area contributed by atoms with E-state index in [-0.39, 0.29) is 21.4 Å². The number of hydrogen-bond acceptors (Lipinski definition) is 5. The van der Waals surface area contributed by atoms with Crippen LogP contribution >= 0.6 is 23.8 Å². The molecule has 1 saturated heterocycles. The number of carbonyl (C=O) groups excluding carboxylic acids is 2. The van der Waals surface area contributed by atoms with Crippen molar-refractivity contribution >= 4 is 64.3 Å². The molecular weight excluding hydrogens is 390 g/mol. The number of nitrogens with one attached hydrogen (secondary N) is 1. The second-order valence-electron chi connectivity index (χ2n) is 5.53. The molecule has 2 amide bonds. The number of aromatic carboxylic acids is 1. The summed E-state index contributed by atoms with van der Waals surface area (Å²) in [5.74, 6) is -3.57. The van der Waals surface area contributed by atoms with Gasteiger partial charge in [-0.2, -0.15) is 0 Å². The number of carboxylic acid groups (broad SMARTS) is 1. The first kappa shape index (κ1) is 18.7. The smallest absolute Gasteiger partial charge is 0.337 e. The molecule has 1 heterocycles. The number of carbonyl (C=O) groups is 3. The molecule has 2 aromatic rings. The fourth-order valence-corrected chi connectivity index (χ4v) is 2.96. The predicted molar refractivity (Wildman–Crippen MR) is 105 cm³/mol. The van der Waals surface area contributed by atoms with Crippen LogP contribution in [-0.4, -0.2) is 34.2 Å². The molecule has 0 unspecified atom stereocenters. The zero-order chi connectivity index (χ0) is 19.6. The number of halogens is 1. The molecule has 2 N–H and O–H groups in total. The van der Waals surface area contributed by atoms with E-state index in [4.69, 9.17) is 28.9 Å². The predicted octanol–water partition coefficient (Wildman–Crippen LogP) is 2.80. The summed E-state index contributed by atoms with van der Waals surface area (Å²) in [6.45, 7) is 0. The number of hydrogen-bond donors (Lipinski definition) is 2. The highest BCUT2D eigenvalue weighted by atomic mass is 35.5. The largest absolute Gasteiger partial charge is 0.478 e. The summed E-state index contributed by atoms with van der Waals surface area (Å²) in [4.78, 5) is 41.4. The molecule has 7 nitrogen and oxygen atoms in total. The molecular formula is C18H12ClN3O4S. The van der Waals surface area contributed by atoms with Crippen LogP contribution in [0.1, 0.15) is 10.4 Å². The van der Waals surface area contributed by atoms with Crippen LogP contribution in [0.2, 0.25) is 5.02 Å². The van der Waals surface area contributed by atoms with E-state index in [2.05, 4.69) is 10.3 Å². The number of anilines is 1. The number of carboxylic acids is 1. The van der Waals surface area contributed by atoms with Gasteiger partial charge in [0.25, 0.3) is 5.91 Å². The first-order chi connectivity index (χ1) is 12.9. The molecule has 1 atom stereocenters. The van der Waals surface area contributed by atoms with Gasteiger partial charge in [0, 0.05) is 6.21 Å². The molecule has 0 radical (unpaired) electrons. The van der Waals surface area contributed by atoms with Gasteiger partial charge in [0.15, 0.2) is 11.0 Å². The maximum Gasteiger partial charge on any atom is 0.337 e. The molecule has 1 aliphatic rings. The summed E-state index contributed by atoms with van der Waals surface area (Å²) in [7, 11) is 0. The number of rotatable bonds is 4. The topological polar surface area (TPSA) is 99.1 Å². The average molecular weight is 402 g/mol. The van der Waals surface area contributed by atoms with Gasteiger partial charge in [-0.05, 0) is 42.5 Å². The minimum atomic E-state index is -1.21. The fraction of sp³-hybridized carbons (Fsp3) is 0.0556. The van der Waals surface area contributed by atoms with Crippen molar-refractivity contribution in [3.8, 4) is 0 Å². The SMILES string of the molecule is O=C(O)c1cc(N=C[C@H]2C(=O)NC(=S)N(c3ccccc3)C2=O)ccc1Cl. The van der Waals surface area contributed by atoms with Crippen LogP contribution in [0.25, 0.3) is 0 Å². The van der Waals surface area contributed by atoms with Gasteiger partial charge < -0.3 is 10.4 Å². The Labute approximate surface area is 164 Å². The van der Waals surface area contributed by atoms with Crippen LogP contribution in [0.5, 0.6) is 0 Å². The molecule has 3 rings (SSSR count). The normalized spacial score (nSPS) is 17.3. The van der Waals surface area contributed by atoms with Crippen molar-refractivity contribution in [2.75, 3.05) is 4.90 Å². The number of aliphatic imine (C=N–C) groups is 1. The highest BCUT2D eigenvalue weighted by Gasteiger charge is 2.38. The summed E-state index contributed by atoms with van der Waals surface area (Å²) < 4.78 is 0. The number of nitrogens with zero attached hydrogens (tertiary/aromatic N) is 2. The molecule has 2 aromatic carbocycles. The Balaban J connectivity index is 1.89. The number of amides is 2. The van der Waals surface area contributed by atoms with Gasteiger partial charge in [-0.25, -0.2) is 4.79 Å². The van der Waals surface area contributed by atoms with Crippen molar-refractivity contribution in [2.24, 2.45) is 10.9 Å². The Morgan fingerprint density at radius 3 is 2.59 bits per heavy atom. The molecule has 0 aliphatic carbocycles. The molecule has 9 heteroatoms. The third kappa shape index (κ3) is 3.86. The monoisotopic (exact) mass is 401 g/mol. The van der Waals surface area contributed by atoms with Gasteiger partial charge in [0.2, 0.25) is 5.91 Å². The van der Waals surface area contributed by atoms with Gasteiger partial charge in [-0.15, -0.1) is 0 Å². The second kappa shape index (κ2) is 7.65. The van der Waals surface area contributed by atoms with Gasteiger partial charge in [-0.3, -0.25) is 19.5 Å². The van der Waals surface area contributed by atoms with Crippen molar-refractivity contribution in [3.05, 3.63) is 59.1 Å². The van der Waals surface area contributed by atoms with Crippen molar-refractivity contribution < 1.29 is 19.5 Å². The van der Waals surface area contributed by atoms with Crippen LogP contribution in [0, 0.1) is 5.92 Å². The van der Waals surface area contributed by atoms with Gasteiger partial charge in [0.05, 0.1) is 22.0 Å². The Hall–Kier alpha value is -3.10. The number of thiocarbonyl (C=S) groups is 1. The Kier molecular flexibility index (Phi) is 5.29. The van der Waals surface area contributed by atoms with E-state index in [9.17, 15) is 14.4 Å². The lowest BCUT2D eigenvalue weighted by molar-refractivity contribution is -0.130. The zero-order valence-corrected chi connectivity index (χ0v) is 15.2. The van der Waals surface area contributed by atoms with Crippen LogP contribution < -0.4 is 10.2 Å². The summed E-state index contributed by atoms with van der Waals surface area (Å²) in [5.41, 5.74) is 0.639. The molecule has 1 fully saturated rings. The molecule has 136 valence electrons. The number of para-hydroxylation sites is 1. The lowest BCUT2D eigenvalue weighted by Gasteiger charge is -2.30. The molecule has 27 heavy (non-hydrogen) atoms. The van der Waals surface area contributed by atoms with Crippen molar-refractivity contribution in [3.63, 3.8) is 0 Å². The van der Waals surface area contributed by atoms with Crippen molar-refractivity contribution in [1.82, 2.24) is 5.32 Å². The zero-order valence-electron chi connectivity index (χ0n) is 13.6. The lowest BCUT2D eigenvalue weighted by atomic mass is 10.1. The molecule has 0 aromatic heterocycles. The van der Waals surface area contributed by atoms with E-state index in [0.29, 0.717) is 5.69 Å². The lowest BCUT2D eigenvalue weighted by Crippen LogP contribution is -2.58. The van der Waals surface area contributed by atoms with E-state index in [1.807, 2.05) is 0 Å². The molecule has 0 saturated carbocycles. The Morgan fingerprint density at radius 2 is 1.93 bits per heavy atom. The summed E-state index contributed by atoms with van der Waals surface area (Å²) >= 11 is 10.9. The highest BCUT2D eigenvalue weighted by molar-refractivity contribution is 7.80. The third-order valence-electron chi connectivity index (χ3n) is 3.77. The van der Waals surface area contributed by atoms with Crippen LogP contribution in [-0.2, 0) is 9.59 Å². The quantitative estimate of drug-likeness (QED) is 0.466. The first-order valence-electron chi connectivity index (χ1n) is 7.69. The summed E-state index contributed by atoms with van der Waals surface area (Å²) in [5, 5.41) is 11.6. The third-order valence-corrected chi connectivity index (χ3v) is 4.38.